The van der Waals surface area contributed by atoms with E-state index < -0.39 is 23.6 Å². The van der Waals surface area contributed by atoms with Gasteiger partial charge in [-0.25, -0.2) is 9.80 Å². The van der Waals surface area contributed by atoms with Crippen molar-refractivity contribution in [2.24, 2.45) is 0 Å². The number of rotatable bonds is 2. The Kier molecular flexibility index (Phi) is 3.88. The van der Waals surface area contributed by atoms with Gasteiger partial charge in [-0.3, -0.25) is 19.2 Å². The molecule has 6 nitrogen and oxygen atoms in total. The van der Waals surface area contributed by atoms with E-state index >= 15 is 0 Å². The van der Waals surface area contributed by atoms with Crippen molar-refractivity contribution < 1.29 is 19.2 Å². The maximum absolute atomic E-state index is 12.9. The van der Waals surface area contributed by atoms with Gasteiger partial charge in [-0.05, 0) is 55.5 Å². The van der Waals surface area contributed by atoms with Crippen LogP contribution in [0.25, 0.3) is 0 Å². The molecule has 2 aliphatic heterocycles. The number of carbonyl (C=O) groups is 4. The summed E-state index contributed by atoms with van der Waals surface area (Å²) in [5.74, 6) is -1.87. The zero-order chi connectivity index (χ0) is 21.2. The third kappa shape index (κ3) is 2.51. The Labute approximate surface area is 176 Å². The highest BCUT2D eigenvalue weighted by Gasteiger charge is 2.39. The maximum Gasteiger partial charge on any atom is 0.266 e. The van der Waals surface area contributed by atoms with E-state index in [-0.39, 0.29) is 22.5 Å². The molecule has 2 heterocycles. The van der Waals surface area contributed by atoms with Crippen LogP contribution in [0.2, 0.25) is 5.02 Å². The molecule has 0 unspecified atom stereocenters. The summed E-state index contributed by atoms with van der Waals surface area (Å²) < 4.78 is 0. The molecule has 0 spiro atoms. The van der Waals surface area contributed by atoms with E-state index in [9.17, 15) is 19.2 Å². The Morgan fingerprint density at radius 1 is 0.600 bits per heavy atom. The Morgan fingerprint density at radius 2 is 1.10 bits per heavy atom. The molecule has 146 valence electrons. The predicted octanol–water partition coefficient (Wildman–Crippen LogP) is 4.25. The Hall–Kier alpha value is -3.77. The normalized spacial score (nSPS) is 15.1. The van der Waals surface area contributed by atoms with Gasteiger partial charge in [0.05, 0.1) is 33.6 Å². The molecule has 2 aliphatic rings. The van der Waals surface area contributed by atoms with E-state index in [1.807, 2.05) is 6.92 Å². The molecule has 0 bridgehead atoms. The summed E-state index contributed by atoms with van der Waals surface area (Å²) in [4.78, 5) is 53.4. The zero-order valence-electron chi connectivity index (χ0n) is 15.7. The molecule has 30 heavy (non-hydrogen) atoms. The minimum absolute atomic E-state index is 0.217. The average Bonchev–Trinajstić information content (AvgIpc) is 3.12. The molecule has 0 radical (unpaired) electrons. The number of hydrogen-bond acceptors (Lipinski definition) is 4. The fourth-order valence-corrected chi connectivity index (χ4v) is 3.98. The van der Waals surface area contributed by atoms with Gasteiger partial charge in [-0.15, -0.1) is 0 Å². The molecule has 0 aromatic heterocycles. The van der Waals surface area contributed by atoms with Crippen molar-refractivity contribution in [2.75, 3.05) is 9.80 Å². The highest BCUT2D eigenvalue weighted by atomic mass is 35.5. The van der Waals surface area contributed by atoms with Crippen LogP contribution in [-0.2, 0) is 0 Å². The molecular formula is C23H13ClN2O4. The van der Waals surface area contributed by atoms with Crippen molar-refractivity contribution in [3.05, 3.63) is 93.5 Å². The van der Waals surface area contributed by atoms with Gasteiger partial charge in [0, 0.05) is 5.02 Å². The minimum atomic E-state index is -0.507. The Bertz CT molecular complexity index is 1220. The largest absolute Gasteiger partial charge is 0.268 e. The maximum atomic E-state index is 12.9. The van der Waals surface area contributed by atoms with Gasteiger partial charge in [-0.2, -0.15) is 0 Å². The van der Waals surface area contributed by atoms with E-state index in [1.165, 1.54) is 18.2 Å². The first-order chi connectivity index (χ1) is 14.4. The van der Waals surface area contributed by atoms with Crippen molar-refractivity contribution in [1.29, 1.82) is 0 Å². The van der Waals surface area contributed by atoms with Gasteiger partial charge >= 0.3 is 0 Å². The summed E-state index contributed by atoms with van der Waals surface area (Å²) in [5, 5.41) is 0.354. The summed E-state index contributed by atoms with van der Waals surface area (Å²) in [6.45, 7) is 1.84. The minimum Gasteiger partial charge on any atom is -0.268 e. The van der Waals surface area contributed by atoms with Crippen LogP contribution in [0.1, 0.15) is 47.0 Å². The van der Waals surface area contributed by atoms with Crippen molar-refractivity contribution >= 4 is 46.6 Å². The van der Waals surface area contributed by atoms with Crippen LogP contribution in [-0.4, -0.2) is 23.6 Å². The van der Waals surface area contributed by atoms with Gasteiger partial charge in [0.2, 0.25) is 0 Å². The lowest BCUT2D eigenvalue weighted by molar-refractivity contribution is 0.0912. The molecule has 0 saturated heterocycles. The fraction of sp³-hybridized carbons (Fsp3) is 0.0435. The second-order valence-electron chi connectivity index (χ2n) is 7.15. The second kappa shape index (κ2) is 6.37. The van der Waals surface area contributed by atoms with E-state index in [2.05, 4.69) is 0 Å². The monoisotopic (exact) mass is 416 g/mol. The van der Waals surface area contributed by atoms with Crippen molar-refractivity contribution in [3.8, 4) is 0 Å². The van der Waals surface area contributed by atoms with Crippen LogP contribution in [0, 0.1) is 6.92 Å². The van der Waals surface area contributed by atoms with Crippen LogP contribution in [0.15, 0.2) is 60.7 Å². The summed E-state index contributed by atoms with van der Waals surface area (Å²) in [7, 11) is 0. The van der Waals surface area contributed by atoms with E-state index in [0.29, 0.717) is 16.1 Å². The molecule has 0 aliphatic carbocycles. The molecule has 0 fully saturated rings. The fourth-order valence-electron chi connectivity index (χ4n) is 3.81. The van der Waals surface area contributed by atoms with Gasteiger partial charge in [0.15, 0.2) is 0 Å². The molecular weight excluding hydrogens is 404 g/mol. The number of carbonyl (C=O) groups excluding carboxylic acids is 4. The SMILES string of the molecule is Cc1ccc2c(c1)C(=O)N(c1cccc(N3C(=O)c4ccc(Cl)cc4C3=O)c1)C2=O. The summed E-state index contributed by atoms with van der Waals surface area (Å²) in [6, 6.07) is 15.8. The van der Waals surface area contributed by atoms with Crippen LogP contribution < -0.4 is 9.80 Å². The summed E-state index contributed by atoms with van der Waals surface area (Å²) in [5.41, 5.74) is 2.55. The summed E-state index contributed by atoms with van der Waals surface area (Å²) >= 11 is 5.97. The first kappa shape index (κ1) is 18.3. The van der Waals surface area contributed by atoms with Crippen LogP contribution in [0.4, 0.5) is 11.4 Å². The number of halogens is 1. The number of fused-ring (bicyclic) bond motifs is 2. The van der Waals surface area contributed by atoms with Crippen molar-refractivity contribution in [2.45, 2.75) is 6.92 Å². The number of anilines is 2. The first-order valence-electron chi connectivity index (χ1n) is 9.14. The highest BCUT2D eigenvalue weighted by molar-refractivity contribution is 6.37. The van der Waals surface area contributed by atoms with E-state index in [0.717, 1.165) is 15.4 Å². The topological polar surface area (TPSA) is 74.8 Å². The molecule has 5 rings (SSSR count). The van der Waals surface area contributed by atoms with Crippen molar-refractivity contribution in [1.82, 2.24) is 0 Å². The Morgan fingerprint density at radius 3 is 1.70 bits per heavy atom. The van der Waals surface area contributed by atoms with Gasteiger partial charge in [0.25, 0.3) is 23.6 Å². The van der Waals surface area contributed by atoms with Crippen molar-refractivity contribution in [3.63, 3.8) is 0 Å². The average molecular weight is 417 g/mol. The summed E-state index contributed by atoms with van der Waals surface area (Å²) in [6.07, 6.45) is 0. The Balaban J connectivity index is 1.55. The van der Waals surface area contributed by atoms with Crippen LogP contribution in [0.3, 0.4) is 0 Å². The lowest BCUT2D eigenvalue weighted by atomic mass is 10.1. The number of benzene rings is 3. The lowest BCUT2D eigenvalue weighted by Crippen LogP contribution is -2.31. The van der Waals surface area contributed by atoms with Crippen LogP contribution in [0.5, 0.6) is 0 Å². The number of hydrogen-bond donors (Lipinski definition) is 0. The molecule has 0 N–H and O–H groups in total. The number of imide groups is 2. The highest BCUT2D eigenvalue weighted by Crippen LogP contribution is 2.34. The second-order valence-corrected chi connectivity index (χ2v) is 7.59. The van der Waals surface area contributed by atoms with Crippen LogP contribution >= 0.6 is 11.6 Å². The first-order valence-corrected chi connectivity index (χ1v) is 9.52. The number of nitrogens with zero attached hydrogens (tertiary/aromatic N) is 2. The number of amides is 4. The lowest BCUT2D eigenvalue weighted by Gasteiger charge is -2.18. The molecule has 3 aromatic rings. The third-order valence-corrected chi connectivity index (χ3v) is 5.47. The molecule has 0 saturated carbocycles. The molecule has 3 aromatic carbocycles. The van der Waals surface area contributed by atoms with Gasteiger partial charge < -0.3 is 0 Å². The zero-order valence-corrected chi connectivity index (χ0v) is 16.4. The predicted molar refractivity (Wildman–Crippen MR) is 111 cm³/mol. The standard InChI is InChI=1S/C23H13ClN2O4/c1-12-5-7-16-18(9-12)22(29)25(20(16)27)14-3-2-4-15(11-14)26-21(28)17-8-6-13(24)10-19(17)23(26)30/h2-11H,1H3. The van der Waals surface area contributed by atoms with Gasteiger partial charge in [-0.1, -0.05) is 29.3 Å². The van der Waals surface area contributed by atoms with E-state index in [1.54, 1.807) is 42.5 Å². The number of aryl methyl sites for hydroxylation is 1. The quantitative estimate of drug-likeness (QED) is 0.585. The van der Waals surface area contributed by atoms with E-state index in [4.69, 9.17) is 11.6 Å². The van der Waals surface area contributed by atoms with Gasteiger partial charge in [0.1, 0.15) is 0 Å². The smallest absolute Gasteiger partial charge is 0.266 e. The molecule has 7 heteroatoms. The molecule has 0 atom stereocenters. The molecule has 4 amide bonds. The third-order valence-electron chi connectivity index (χ3n) is 5.24.